The molecule has 0 saturated carbocycles. The molecule has 0 spiro atoms. The molecule has 26 heavy (non-hydrogen) atoms. The topological polar surface area (TPSA) is 75.3 Å². The first kappa shape index (κ1) is 20.0. The Bertz CT molecular complexity index is 858. The highest BCUT2D eigenvalue weighted by atomic mass is 32.2. The summed E-state index contributed by atoms with van der Waals surface area (Å²) in [7, 11) is -4.01. The van der Waals surface area contributed by atoms with Gasteiger partial charge in [-0.2, -0.15) is 0 Å². The zero-order chi connectivity index (χ0) is 19.2. The number of benzene rings is 2. The monoisotopic (exact) mass is 382 g/mol. The summed E-state index contributed by atoms with van der Waals surface area (Å²) in [5.41, 5.74) is 1.09. The van der Waals surface area contributed by atoms with Crippen LogP contribution in [0.4, 0.5) is 8.78 Å². The van der Waals surface area contributed by atoms with Crippen LogP contribution in [-0.4, -0.2) is 27.4 Å². The fourth-order valence-electron chi connectivity index (χ4n) is 2.28. The molecule has 0 aliphatic carbocycles. The third-order valence-corrected chi connectivity index (χ3v) is 5.28. The van der Waals surface area contributed by atoms with Crippen molar-refractivity contribution in [1.29, 1.82) is 0 Å². The SMILES string of the molecule is C[C@@H](CNC(=O)CCNS(=O)(=O)c1ccc(F)c(F)c1)c1ccccc1. The van der Waals surface area contributed by atoms with Gasteiger partial charge in [0.1, 0.15) is 0 Å². The average molecular weight is 382 g/mol. The van der Waals surface area contributed by atoms with Gasteiger partial charge in [0.25, 0.3) is 0 Å². The van der Waals surface area contributed by atoms with Crippen molar-refractivity contribution in [1.82, 2.24) is 10.0 Å². The summed E-state index contributed by atoms with van der Waals surface area (Å²) in [6, 6.07) is 12.0. The van der Waals surface area contributed by atoms with Crippen LogP contribution in [-0.2, 0) is 14.8 Å². The molecule has 8 heteroatoms. The van der Waals surface area contributed by atoms with Crippen LogP contribution in [0.5, 0.6) is 0 Å². The van der Waals surface area contributed by atoms with Gasteiger partial charge in [-0.05, 0) is 29.7 Å². The van der Waals surface area contributed by atoms with Crippen LogP contribution >= 0.6 is 0 Å². The van der Waals surface area contributed by atoms with Crippen molar-refractivity contribution in [3.63, 3.8) is 0 Å². The Labute approximate surface area is 151 Å². The molecular formula is C18H20F2N2O3S. The number of halogens is 2. The third kappa shape index (κ3) is 5.60. The number of nitrogens with one attached hydrogen (secondary N) is 2. The minimum atomic E-state index is -4.01. The smallest absolute Gasteiger partial charge is 0.240 e. The summed E-state index contributed by atoms with van der Waals surface area (Å²) in [5, 5.41) is 2.74. The first-order valence-corrected chi connectivity index (χ1v) is 9.54. The number of hydrogen-bond acceptors (Lipinski definition) is 3. The van der Waals surface area contributed by atoms with E-state index in [4.69, 9.17) is 0 Å². The Balaban J connectivity index is 1.79. The summed E-state index contributed by atoms with van der Waals surface area (Å²) in [6.07, 6.45) is -0.0651. The average Bonchev–Trinajstić information content (AvgIpc) is 2.62. The molecule has 0 radical (unpaired) electrons. The van der Waals surface area contributed by atoms with Gasteiger partial charge in [0.05, 0.1) is 4.90 Å². The van der Waals surface area contributed by atoms with E-state index in [9.17, 15) is 22.0 Å². The Morgan fingerprint density at radius 1 is 1.08 bits per heavy atom. The molecule has 5 nitrogen and oxygen atoms in total. The zero-order valence-corrected chi connectivity index (χ0v) is 15.0. The van der Waals surface area contributed by atoms with Crippen molar-refractivity contribution in [2.75, 3.05) is 13.1 Å². The molecule has 0 bridgehead atoms. The van der Waals surface area contributed by atoms with Crippen LogP contribution in [0.2, 0.25) is 0 Å². The first-order chi connectivity index (χ1) is 12.3. The Morgan fingerprint density at radius 2 is 1.77 bits per heavy atom. The van der Waals surface area contributed by atoms with Gasteiger partial charge in [-0.1, -0.05) is 37.3 Å². The highest BCUT2D eigenvalue weighted by Gasteiger charge is 2.16. The van der Waals surface area contributed by atoms with Crippen molar-refractivity contribution < 1.29 is 22.0 Å². The van der Waals surface area contributed by atoms with E-state index in [1.54, 1.807) is 0 Å². The molecule has 140 valence electrons. The Hall–Kier alpha value is -2.32. The van der Waals surface area contributed by atoms with Crippen LogP contribution in [0.3, 0.4) is 0 Å². The number of carbonyl (C=O) groups excluding carboxylic acids is 1. The van der Waals surface area contributed by atoms with Gasteiger partial charge >= 0.3 is 0 Å². The van der Waals surface area contributed by atoms with Crippen LogP contribution in [0.15, 0.2) is 53.4 Å². The third-order valence-electron chi connectivity index (χ3n) is 3.82. The van der Waals surface area contributed by atoms with E-state index in [0.717, 1.165) is 17.7 Å². The lowest BCUT2D eigenvalue weighted by Gasteiger charge is -2.13. The molecule has 0 aromatic heterocycles. The summed E-state index contributed by atoms with van der Waals surface area (Å²) in [6.45, 7) is 2.26. The van der Waals surface area contributed by atoms with E-state index in [1.807, 2.05) is 37.3 Å². The Morgan fingerprint density at radius 3 is 2.42 bits per heavy atom. The van der Waals surface area contributed by atoms with Gasteiger partial charge in [-0.25, -0.2) is 21.9 Å². The van der Waals surface area contributed by atoms with Crippen LogP contribution < -0.4 is 10.0 Å². The van der Waals surface area contributed by atoms with Gasteiger partial charge in [0, 0.05) is 19.5 Å². The van der Waals surface area contributed by atoms with Gasteiger partial charge in [0.15, 0.2) is 11.6 Å². The molecule has 0 unspecified atom stereocenters. The lowest BCUT2D eigenvalue weighted by Crippen LogP contribution is -2.32. The molecular weight excluding hydrogens is 362 g/mol. The second-order valence-electron chi connectivity index (χ2n) is 5.84. The van der Waals surface area contributed by atoms with Crippen molar-refractivity contribution in [3.05, 3.63) is 65.7 Å². The summed E-state index contributed by atoms with van der Waals surface area (Å²) >= 11 is 0. The molecule has 1 atom stereocenters. The maximum Gasteiger partial charge on any atom is 0.240 e. The highest BCUT2D eigenvalue weighted by molar-refractivity contribution is 7.89. The van der Waals surface area contributed by atoms with Crippen molar-refractivity contribution in [3.8, 4) is 0 Å². The lowest BCUT2D eigenvalue weighted by atomic mass is 10.0. The van der Waals surface area contributed by atoms with E-state index in [1.165, 1.54) is 0 Å². The summed E-state index contributed by atoms with van der Waals surface area (Å²) in [4.78, 5) is 11.5. The van der Waals surface area contributed by atoms with Crippen molar-refractivity contribution in [2.24, 2.45) is 0 Å². The van der Waals surface area contributed by atoms with Crippen molar-refractivity contribution in [2.45, 2.75) is 24.2 Å². The second-order valence-corrected chi connectivity index (χ2v) is 7.61. The largest absolute Gasteiger partial charge is 0.355 e. The van der Waals surface area contributed by atoms with E-state index in [2.05, 4.69) is 10.0 Å². The minimum Gasteiger partial charge on any atom is -0.355 e. The molecule has 2 N–H and O–H groups in total. The van der Waals surface area contributed by atoms with Gasteiger partial charge in [-0.3, -0.25) is 4.79 Å². The molecule has 0 aliphatic heterocycles. The van der Waals surface area contributed by atoms with Gasteiger partial charge in [-0.15, -0.1) is 0 Å². The first-order valence-electron chi connectivity index (χ1n) is 8.06. The van der Waals surface area contributed by atoms with Gasteiger partial charge in [0.2, 0.25) is 15.9 Å². The number of rotatable bonds is 8. The second kappa shape index (κ2) is 8.86. The standard InChI is InChI=1S/C18H20F2N2O3S/c1-13(14-5-3-2-4-6-14)12-21-18(23)9-10-22-26(24,25)15-7-8-16(19)17(20)11-15/h2-8,11,13,22H,9-10,12H2,1H3,(H,21,23)/t13-/m0/s1. The molecule has 2 aromatic carbocycles. The Kier molecular flexibility index (Phi) is 6.82. The van der Waals surface area contributed by atoms with E-state index >= 15 is 0 Å². The quantitative estimate of drug-likeness (QED) is 0.737. The van der Waals surface area contributed by atoms with Crippen LogP contribution in [0, 0.1) is 11.6 Å². The van der Waals surface area contributed by atoms with E-state index in [0.29, 0.717) is 12.6 Å². The molecule has 0 fully saturated rings. The fraction of sp³-hybridized carbons (Fsp3) is 0.278. The normalized spacial score (nSPS) is 12.6. The fourth-order valence-corrected chi connectivity index (χ4v) is 3.32. The van der Waals surface area contributed by atoms with Crippen LogP contribution in [0.1, 0.15) is 24.8 Å². The number of hydrogen-bond donors (Lipinski definition) is 2. The zero-order valence-electron chi connectivity index (χ0n) is 14.2. The number of carbonyl (C=O) groups is 1. The van der Waals surface area contributed by atoms with E-state index < -0.39 is 26.6 Å². The highest BCUT2D eigenvalue weighted by Crippen LogP contribution is 2.14. The summed E-state index contributed by atoms with van der Waals surface area (Å²) in [5.74, 6) is -2.56. The lowest BCUT2D eigenvalue weighted by molar-refractivity contribution is -0.120. The molecule has 0 saturated heterocycles. The maximum absolute atomic E-state index is 13.1. The predicted octanol–water partition coefficient (Wildman–Crippen LogP) is 2.55. The van der Waals surface area contributed by atoms with Gasteiger partial charge < -0.3 is 5.32 Å². The molecule has 0 aliphatic rings. The van der Waals surface area contributed by atoms with E-state index in [-0.39, 0.29) is 24.8 Å². The molecule has 1 amide bonds. The summed E-state index contributed by atoms with van der Waals surface area (Å²) < 4.78 is 52.2. The molecule has 0 heterocycles. The molecule has 2 rings (SSSR count). The minimum absolute atomic E-state index is 0.0651. The molecule has 2 aromatic rings. The number of sulfonamides is 1. The predicted molar refractivity (Wildman–Crippen MR) is 94.0 cm³/mol. The number of amides is 1. The van der Waals surface area contributed by atoms with Crippen LogP contribution in [0.25, 0.3) is 0 Å². The van der Waals surface area contributed by atoms with Crippen molar-refractivity contribution >= 4 is 15.9 Å². The maximum atomic E-state index is 13.1.